The lowest BCUT2D eigenvalue weighted by atomic mass is 10.1. The van der Waals surface area contributed by atoms with Crippen LogP contribution in [0.25, 0.3) is 0 Å². The normalized spacial score (nSPS) is 28.8. The third kappa shape index (κ3) is 2.27. The fourth-order valence-corrected chi connectivity index (χ4v) is 1.62. The van der Waals surface area contributed by atoms with E-state index in [2.05, 4.69) is 24.2 Å². The van der Waals surface area contributed by atoms with Gasteiger partial charge in [0.15, 0.2) is 0 Å². The van der Waals surface area contributed by atoms with Gasteiger partial charge in [-0.2, -0.15) is 0 Å². The third-order valence-electron chi connectivity index (χ3n) is 2.12. The summed E-state index contributed by atoms with van der Waals surface area (Å²) < 4.78 is 0. The van der Waals surface area contributed by atoms with Crippen molar-refractivity contribution in [3.63, 3.8) is 0 Å². The largest absolute Gasteiger partial charge is 0.313 e. The molecule has 1 saturated heterocycles. The van der Waals surface area contributed by atoms with E-state index in [4.69, 9.17) is 0 Å². The molecule has 1 aliphatic rings. The SMILES string of the molecule is CCNC1CCCN(C)C1. The summed E-state index contributed by atoms with van der Waals surface area (Å²) >= 11 is 0. The van der Waals surface area contributed by atoms with Crippen molar-refractivity contribution in [2.24, 2.45) is 0 Å². The minimum atomic E-state index is 0.753. The van der Waals surface area contributed by atoms with Gasteiger partial charge >= 0.3 is 0 Å². The van der Waals surface area contributed by atoms with E-state index in [1.54, 1.807) is 0 Å². The first-order valence-electron chi connectivity index (χ1n) is 4.25. The first-order chi connectivity index (χ1) is 4.83. The lowest BCUT2D eigenvalue weighted by Gasteiger charge is -2.29. The van der Waals surface area contributed by atoms with Crippen molar-refractivity contribution in [1.29, 1.82) is 0 Å². The molecule has 0 radical (unpaired) electrons. The summed E-state index contributed by atoms with van der Waals surface area (Å²) in [6.45, 7) is 5.79. The Morgan fingerprint density at radius 3 is 3.00 bits per heavy atom. The lowest BCUT2D eigenvalue weighted by Crippen LogP contribution is -2.43. The molecular weight excluding hydrogens is 124 g/mol. The van der Waals surface area contributed by atoms with E-state index in [-0.39, 0.29) is 0 Å². The number of piperidine rings is 1. The Balaban J connectivity index is 2.18. The predicted octanol–water partition coefficient (Wildman–Crippen LogP) is 0.690. The van der Waals surface area contributed by atoms with Crippen molar-refractivity contribution in [3.05, 3.63) is 0 Å². The zero-order valence-corrected chi connectivity index (χ0v) is 7.06. The van der Waals surface area contributed by atoms with E-state index in [0.29, 0.717) is 0 Å². The van der Waals surface area contributed by atoms with Gasteiger partial charge in [-0.05, 0) is 33.0 Å². The summed E-state index contributed by atoms with van der Waals surface area (Å²) in [5.41, 5.74) is 0. The van der Waals surface area contributed by atoms with Gasteiger partial charge in [-0.1, -0.05) is 6.92 Å². The molecule has 60 valence electrons. The van der Waals surface area contributed by atoms with Crippen molar-refractivity contribution in [3.8, 4) is 0 Å². The Hall–Kier alpha value is -0.0800. The molecule has 0 aromatic heterocycles. The van der Waals surface area contributed by atoms with E-state index in [9.17, 15) is 0 Å². The third-order valence-corrected chi connectivity index (χ3v) is 2.12. The second kappa shape index (κ2) is 3.94. The van der Waals surface area contributed by atoms with Crippen molar-refractivity contribution >= 4 is 0 Å². The number of rotatable bonds is 2. The average molecular weight is 142 g/mol. The minimum absolute atomic E-state index is 0.753. The zero-order chi connectivity index (χ0) is 7.40. The van der Waals surface area contributed by atoms with E-state index in [1.807, 2.05) is 0 Å². The van der Waals surface area contributed by atoms with Crippen LogP contribution in [0.2, 0.25) is 0 Å². The molecule has 1 rings (SSSR count). The maximum Gasteiger partial charge on any atom is 0.0195 e. The number of nitrogens with one attached hydrogen (secondary N) is 1. The maximum atomic E-state index is 3.47. The Morgan fingerprint density at radius 1 is 1.60 bits per heavy atom. The summed E-state index contributed by atoms with van der Waals surface area (Å²) in [5.74, 6) is 0. The highest BCUT2D eigenvalue weighted by molar-refractivity contribution is 4.75. The molecule has 0 bridgehead atoms. The highest BCUT2D eigenvalue weighted by Crippen LogP contribution is 2.06. The van der Waals surface area contributed by atoms with Crippen LogP contribution in [0.4, 0.5) is 0 Å². The summed E-state index contributed by atoms with van der Waals surface area (Å²) in [5, 5.41) is 3.47. The number of hydrogen-bond acceptors (Lipinski definition) is 2. The van der Waals surface area contributed by atoms with Crippen LogP contribution in [0.5, 0.6) is 0 Å². The summed E-state index contributed by atoms with van der Waals surface area (Å²) in [6.07, 6.45) is 2.71. The summed E-state index contributed by atoms with van der Waals surface area (Å²) in [4.78, 5) is 2.40. The van der Waals surface area contributed by atoms with Crippen LogP contribution in [0.3, 0.4) is 0 Å². The van der Waals surface area contributed by atoms with Crippen molar-refractivity contribution < 1.29 is 0 Å². The zero-order valence-electron chi connectivity index (χ0n) is 7.06. The molecule has 0 saturated carbocycles. The van der Waals surface area contributed by atoms with Crippen LogP contribution in [-0.2, 0) is 0 Å². The van der Waals surface area contributed by atoms with Crippen LogP contribution in [0, 0.1) is 0 Å². The molecule has 0 spiro atoms. The Morgan fingerprint density at radius 2 is 2.40 bits per heavy atom. The smallest absolute Gasteiger partial charge is 0.0195 e. The van der Waals surface area contributed by atoms with Crippen molar-refractivity contribution in [2.75, 3.05) is 26.7 Å². The van der Waals surface area contributed by atoms with Crippen molar-refractivity contribution in [1.82, 2.24) is 10.2 Å². The fraction of sp³-hybridized carbons (Fsp3) is 1.00. The second-order valence-electron chi connectivity index (χ2n) is 3.16. The molecule has 2 nitrogen and oxygen atoms in total. The highest BCUT2D eigenvalue weighted by Gasteiger charge is 2.14. The van der Waals surface area contributed by atoms with Gasteiger partial charge < -0.3 is 10.2 Å². The van der Waals surface area contributed by atoms with Crippen LogP contribution in [0.1, 0.15) is 19.8 Å². The predicted molar refractivity (Wildman–Crippen MR) is 44.2 cm³/mol. The summed E-state index contributed by atoms with van der Waals surface area (Å²) in [6, 6.07) is 0.753. The molecule has 1 fully saturated rings. The molecular formula is C8H18N2. The topological polar surface area (TPSA) is 15.3 Å². The summed E-state index contributed by atoms with van der Waals surface area (Å²) in [7, 11) is 2.20. The Labute approximate surface area is 63.6 Å². The molecule has 0 aliphatic carbocycles. The monoisotopic (exact) mass is 142 g/mol. The van der Waals surface area contributed by atoms with Crippen LogP contribution in [0.15, 0.2) is 0 Å². The van der Waals surface area contributed by atoms with E-state index in [0.717, 1.165) is 12.6 Å². The maximum absolute atomic E-state index is 3.47. The quantitative estimate of drug-likeness (QED) is 0.610. The molecule has 2 heteroatoms. The second-order valence-corrected chi connectivity index (χ2v) is 3.16. The van der Waals surface area contributed by atoms with Gasteiger partial charge in [-0.3, -0.25) is 0 Å². The molecule has 1 N–H and O–H groups in total. The Kier molecular flexibility index (Phi) is 3.16. The standard InChI is InChI=1S/C8H18N2/c1-3-9-8-5-4-6-10(2)7-8/h8-9H,3-7H2,1-2H3. The van der Waals surface area contributed by atoms with Crippen LogP contribution < -0.4 is 5.32 Å². The minimum Gasteiger partial charge on any atom is -0.313 e. The molecule has 1 heterocycles. The van der Waals surface area contributed by atoms with Crippen molar-refractivity contribution in [2.45, 2.75) is 25.8 Å². The number of likely N-dealkylation sites (N-methyl/N-ethyl adjacent to an activating group) is 2. The van der Waals surface area contributed by atoms with Gasteiger partial charge in [0.2, 0.25) is 0 Å². The van der Waals surface area contributed by atoms with E-state index >= 15 is 0 Å². The van der Waals surface area contributed by atoms with Gasteiger partial charge in [-0.15, -0.1) is 0 Å². The van der Waals surface area contributed by atoms with Gasteiger partial charge in [0.05, 0.1) is 0 Å². The molecule has 10 heavy (non-hydrogen) atoms. The molecule has 1 unspecified atom stereocenters. The number of hydrogen-bond donors (Lipinski definition) is 1. The van der Waals surface area contributed by atoms with E-state index in [1.165, 1.54) is 25.9 Å². The average Bonchev–Trinajstić information content (AvgIpc) is 1.88. The molecule has 0 aromatic carbocycles. The molecule has 0 aromatic rings. The molecule has 1 aliphatic heterocycles. The number of likely N-dealkylation sites (tertiary alicyclic amines) is 1. The first-order valence-corrected chi connectivity index (χ1v) is 4.25. The van der Waals surface area contributed by atoms with Crippen LogP contribution >= 0.6 is 0 Å². The van der Waals surface area contributed by atoms with Gasteiger partial charge in [0.1, 0.15) is 0 Å². The lowest BCUT2D eigenvalue weighted by molar-refractivity contribution is 0.229. The fourth-order valence-electron chi connectivity index (χ4n) is 1.62. The van der Waals surface area contributed by atoms with Gasteiger partial charge in [0, 0.05) is 12.6 Å². The van der Waals surface area contributed by atoms with E-state index < -0.39 is 0 Å². The first kappa shape index (κ1) is 8.02. The van der Waals surface area contributed by atoms with Gasteiger partial charge in [-0.25, -0.2) is 0 Å². The molecule has 1 atom stereocenters. The molecule has 0 amide bonds. The Bertz CT molecular complexity index is 91.3. The van der Waals surface area contributed by atoms with Gasteiger partial charge in [0.25, 0.3) is 0 Å². The number of nitrogens with zero attached hydrogens (tertiary/aromatic N) is 1. The van der Waals surface area contributed by atoms with Crippen LogP contribution in [-0.4, -0.2) is 37.6 Å². The highest BCUT2D eigenvalue weighted by atomic mass is 15.1.